The number of halogens is 2. The van der Waals surface area contributed by atoms with Gasteiger partial charge in [0.2, 0.25) is 5.91 Å². The van der Waals surface area contributed by atoms with Gasteiger partial charge >= 0.3 is 0 Å². The number of para-hydroxylation sites is 2. The molecule has 5 heteroatoms. The maximum atomic E-state index is 12.9. The molecular weight excluding hydrogens is 307 g/mol. The van der Waals surface area contributed by atoms with Gasteiger partial charge in [-0.3, -0.25) is 9.36 Å². The molecule has 0 N–H and O–H groups in total. The van der Waals surface area contributed by atoms with Crippen LogP contribution in [0.1, 0.15) is 24.5 Å². The second-order valence-corrected chi connectivity index (χ2v) is 7.11. The van der Waals surface area contributed by atoms with Gasteiger partial charge in [0.15, 0.2) is 0 Å². The lowest BCUT2D eigenvalue weighted by molar-refractivity contribution is 0.0871. The average molecular weight is 323 g/mol. The van der Waals surface area contributed by atoms with Gasteiger partial charge in [0.1, 0.15) is 10.3 Å². The topological polar surface area (TPSA) is 34.9 Å². The monoisotopic (exact) mass is 322 g/mol. The van der Waals surface area contributed by atoms with Gasteiger partial charge in [-0.15, -0.1) is 0 Å². The van der Waals surface area contributed by atoms with Crippen LogP contribution in [0.15, 0.2) is 34.8 Å². The molecule has 0 amide bonds. The van der Waals surface area contributed by atoms with Crippen molar-refractivity contribution in [2.75, 3.05) is 0 Å². The molecule has 1 heterocycles. The highest BCUT2D eigenvalue weighted by atomic mass is 35.5. The van der Waals surface area contributed by atoms with Crippen LogP contribution in [-0.4, -0.2) is 15.5 Å². The highest BCUT2D eigenvalue weighted by molar-refractivity contribution is 6.55. The second kappa shape index (κ2) is 4.85. The van der Waals surface area contributed by atoms with E-state index in [-0.39, 0.29) is 27.6 Å². The van der Waals surface area contributed by atoms with Crippen molar-refractivity contribution in [3.05, 3.63) is 40.7 Å². The van der Waals surface area contributed by atoms with E-state index < -0.39 is 0 Å². The van der Waals surface area contributed by atoms with Crippen molar-refractivity contribution < 1.29 is 4.79 Å². The van der Waals surface area contributed by atoms with Crippen LogP contribution >= 0.6 is 23.2 Å². The van der Waals surface area contributed by atoms with Crippen LogP contribution in [-0.2, 0) is 0 Å². The minimum atomic E-state index is -0.135. The van der Waals surface area contributed by atoms with E-state index in [1.165, 1.54) is 0 Å². The summed E-state index contributed by atoms with van der Waals surface area (Å²) in [5.74, 6) is 0.711. The Morgan fingerprint density at radius 1 is 1.33 bits per heavy atom. The number of hydrogen-bond acceptors (Lipinski definition) is 2. The van der Waals surface area contributed by atoms with Gasteiger partial charge in [0.05, 0.1) is 17.0 Å². The lowest BCUT2D eigenvalue weighted by Gasteiger charge is -2.06. The normalized spacial score (nSPS) is 23.1. The minimum Gasteiger partial charge on any atom is -0.274 e. The Kier molecular flexibility index (Phi) is 3.38. The number of benzene rings is 1. The summed E-state index contributed by atoms with van der Waals surface area (Å²) in [6.07, 6.45) is 1.76. The first-order valence-electron chi connectivity index (χ1n) is 6.85. The van der Waals surface area contributed by atoms with E-state index in [9.17, 15) is 4.79 Å². The number of carbonyl (C=O) groups is 1. The third-order valence-electron chi connectivity index (χ3n) is 4.43. The van der Waals surface area contributed by atoms with Crippen molar-refractivity contribution >= 4 is 40.1 Å². The Morgan fingerprint density at radius 2 is 2.00 bits per heavy atom. The summed E-state index contributed by atoms with van der Waals surface area (Å²) in [4.78, 5) is 17.4. The lowest BCUT2D eigenvalue weighted by Crippen LogP contribution is -2.17. The van der Waals surface area contributed by atoms with Crippen molar-refractivity contribution in [1.29, 1.82) is 0 Å². The first-order chi connectivity index (χ1) is 9.84. The number of aromatic nitrogens is 2. The van der Waals surface area contributed by atoms with Crippen molar-refractivity contribution in [1.82, 2.24) is 9.55 Å². The Labute approximate surface area is 133 Å². The number of allylic oxidation sites excluding steroid dienone is 1. The average Bonchev–Trinajstić information content (AvgIpc) is 2.77. The summed E-state index contributed by atoms with van der Waals surface area (Å²) < 4.78 is 1.92. The van der Waals surface area contributed by atoms with Gasteiger partial charge in [-0.25, -0.2) is 4.98 Å². The molecule has 1 aromatic heterocycles. The number of aryl methyl sites for hydroxylation is 1. The molecule has 0 spiro atoms. The fourth-order valence-electron chi connectivity index (χ4n) is 3.16. The molecule has 1 aromatic carbocycles. The molecule has 0 unspecified atom stereocenters. The Bertz CT molecular complexity index is 757. The third-order valence-corrected chi connectivity index (χ3v) is 4.68. The number of carbonyl (C=O) groups excluding carboxylic acids is 1. The molecule has 1 aliphatic carbocycles. The smallest absolute Gasteiger partial charge is 0.236 e. The van der Waals surface area contributed by atoms with Crippen molar-refractivity contribution in [3.8, 4) is 0 Å². The highest BCUT2D eigenvalue weighted by Gasteiger charge is 2.61. The SMILES string of the molecule is Cc1nc2ccccc2n1C(=O)[C@@H]1[C@H](C=C(Cl)Cl)C1(C)C. The molecule has 2 aromatic rings. The predicted molar refractivity (Wildman–Crippen MR) is 85.6 cm³/mol. The summed E-state index contributed by atoms with van der Waals surface area (Å²) in [6.45, 7) is 5.97. The van der Waals surface area contributed by atoms with Crippen LogP contribution in [0.3, 0.4) is 0 Å². The molecule has 1 aliphatic rings. The number of imidazole rings is 1. The Morgan fingerprint density at radius 3 is 2.67 bits per heavy atom. The molecule has 3 rings (SSSR count). The Hall–Kier alpha value is -1.32. The van der Waals surface area contributed by atoms with Crippen LogP contribution in [0.25, 0.3) is 11.0 Å². The zero-order valence-corrected chi connectivity index (χ0v) is 13.6. The Balaban J connectivity index is 2.03. The van der Waals surface area contributed by atoms with Crippen molar-refractivity contribution in [2.45, 2.75) is 20.8 Å². The summed E-state index contributed by atoms with van der Waals surface area (Å²) in [6, 6.07) is 7.67. The van der Waals surface area contributed by atoms with Crippen LogP contribution in [0.2, 0.25) is 0 Å². The van der Waals surface area contributed by atoms with E-state index in [4.69, 9.17) is 23.2 Å². The standard InChI is InChI=1S/C16H16Cl2N2O/c1-9-19-11-6-4-5-7-12(11)20(9)15(21)14-10(8-13(17)18)16(14,2)3/h4-8,10,14H,1-3H3/t10-,14-/m0/s1. The van der Waals surface area contributed by atoms with E-state index in [0.717, 1.165) is 11.0 Å². The predicted octanol–water partition coefficient (Wildman–Crippen LogP) is 4.58. The molecule has 0 radical (unpaired) electrons. The molecule has 3 nitrogen and oxygen atoms in total. The summed E-state index contributed by atoms with van der Waals surface area (Å²) in [7, 11) is 0. The number of hydrogen-bond donors (Lipinski definition) is 0. The van der Waals surface area contributed by atoms with Crippen LogP contribution in [0.5, 0.6) is 0 Å². The molecule has 1 saturated carbocycles. The van der Waals surface area contributed by atoms with E-state index in [2.05, 4.69) is 18.8 Å². The summed E-state index contributed by atoms with van der Waals surface area (Å²) in [5, 5.41) is 0. The summed E-state index contributed by atoms with van der Waals surface area (Å²) in [5.41, 5.74) is 1.55. The number of fused-ring (bicyclic) bond motifs is 1. The molecule has 2 atom stereocenters. The first kappa shape index (κ1) is 14.6. The molecule has 0 bridgehead atoms. The van der Waals surface area contributed by atoms with Gasteiger partial charge in [0.25, 0.3) is 0 Å². The van der Waals surface area contributed by atoms with Gasteiger partial charge < -0.3 is 0 Å². The fraction of sp³-hybridized carbons (Fsp3) is 0.375. The zero-order valence-electron chi connectivity index (χ0n) is 12.1. The maximum Gasteiger partial charge on any atom is 0.236 e. The largest absolute Gasteiger partial charge is 0.274 e. The van der Waals surface area contributed by atoms with Gasteiger partial charge in [-0.2, -0.15) is 0 Å². The molecule has 110 valence electrons. The first-order valence-corrected chi connectivity index (χ1v) is 7.60. The van der Waals surface area contributed by atoms with Crippen molar-refractivity contribution in [3.63, 3.8) is 0 Å². The van der Waals surface area contributed by atoms with E-state index in [0.29, 0.717) is 5.82 Å². The van der Waals surface area contributed by atoms with Crippen LogP contribution in [0.4, 0.5) is 0 Å². The molecule has 1 fully saturated rings. The minimum absolute atomic E-state index is 0.0574. The summed E-state index contributed by atoms with van der Waals surface area (Å²) >= 11 is 11.5. The zero-order chi connectivity index (χ0) is 15.4. The maximum absolute atomic E-state index is 12.9. The van der Waals surface area contributed by atoms with Crippen LogP contribution in [0, 0.1) is 24.2 Å². The molecule has 0 saturated heterocycles. The fourth-order valence-corrected chi connectivity index (χ4v) is 3.43. The molecular formula is C16H16Cl2N2O. The molecule has 21 heavy (non-hydrogen) atoms. The quantitative estimate of drug-likeness (QED) is 0.811. The van der Waals surface area contributed by atoms with Gasteiger partial charge in [-0.1, -0.05) is 49.2 Å². The number of nitrogens with zero attached hydrogens (tertiary/aromatic N) is 2. The van der Waals surface area contributed by atoms with Crippen molar-refractivity contribution in [2.24, 2.45) is 17.3 Å². The van der Waals surface area contributed by atoms with E-state index >= 15 is 0 Å². The lowest BCUT2D eigenvalue weighted by atomic mass is 10.1. The van der Waals surface area contributed by atoms with E-state index in [1.54, 1.807) is 10.6 Å². The third kappa shape index (κ3) is 2.29. The second-order valence-electron chi connectivity index (χ2n) is 6.10. The number of rotatable bonds is 2. The van der Waals surface area contributed by atoms with Gasteiger partial charge in [0, 0.05) is 0 Å². The highest BCUT2D eigenvalue weighted by Crippen LogP contribution is 2.60. The van der Waals surface area contributed by atoms with Crippen LogP contribution < -0.4 is 0 Å². The molecule has 0 aliphatic heterocycles. The van der Waals surface area contributed by atoms with Gasteiger partial charge in [-0.05, 0) is 36.5 Å². The van der Waals surface area contributed by atoms with E-state index in [1.807, 2.05) is 31.2 Å².